The number of para-hydroxylation sites is 1. The quantitative estimate of drug-likeness (QED) is 0.238. The fourth-order valence-corrected chi connectivity index (χ4v) is 5.25. The van der Waals surface area contributed by atoms with Gasteiger partial charge in [-0.1, -0.05) is 58.4 Å². The standard InChI is InChI=1S/C26H14BrNO/c27-20-11-12-22-26-18(20)10-8-15-4-3-6-21(25(15)26)28(22)16-9-13-24-19(14-16)17-5-1-2-7-23(17)29-24/h1-14H. The predicted octanol–water partition coefficient (Wildman–Crippen LogP) is 8.04. The molecule has 0 saturated heterocycles. The molecule has 0 radical (unpaired) electrons. The van der Waals surface area contributed by atoms with Crippen LogP contribution in [0.25, 0.3) is 60.2 Å². The summed E-state index contributed by atoms with van der Waals surface area (Å²) in [5, 5.41) is 7.45. The van der Waals surface area contributed by atoms with E-state index in [1.54, 1.807) is 0 Å². The van der Waals surface area contributed by atoms with Gasteiger partial charge in [-0.2, -0.15) is 0 Å². The number of aromatic nitrogens is 1. The first kappa shape index (κ1) is 15.6. The number of nitrogens with zero attached hydrogens (tertiary/aromatic N) is 1. The lowest BCUT2D eigenvalue weighted by Crippen LogP contribution is -1.93. The zero-order valence-electron chi connectivity index (χ0n) is 15.3. The highest BCUT2D eigenvalue weighted by molar-refractivity contribution is 9.10. The molecule has 7 rings (SSSR count). The normalized spacial score (nSPS) is 12.3. The molecular formula is C26H14BrNO. The Morgan fingerprint density at radius 1 is 0.621 bits per heavy atom. The smallest absolute Gasteiger partial charge is 0.135 e. The van der Waals surface area contributed by atoms with E-state index in [0.29, 0.717) is 0 Å². The van der Waals surface area contributed by atoms with Crippen LogP contribution in [0.2, 0.25) is 0 Å². The van der Waals surface area contributed by atoms with Crippen LogP contribution in [-0.4, -0.2) is 4.57 Å². The van der Waals surface area contributed by atoms with Gasteiger partial charge in [0.2, 0.25) is 0 Å². The monoisotopic (exact) mass is 435 g/mol. The Labute approximate surface area is 174 Å². The van der Waals surface area contributed by atoms with Crippen LogP contribution in [0.4, 0.5) is 0 Å². The number of hydrogen-bond donors (Lipinski definition) is 0. The molecule has 136 valence electrons. The molecule has 2 nitrogen and oxygen atoms in total. The third-order valence-electron chi connectivity index (χ3n) is 6.02. The van der Waals surface area contributed by atoms with Gasteiger partial charge in [-0.3, -0.25) is 0 Å². The van der Waals surface area contributed by atoms with Crippen molar-refractivity contribution in [2.45, 2.75) is 0 Å². The van der Waals surface area contributed by atoms with Crippen LogP contribution in [-0.2, 0) is 0 Å². The summed E-state index contributed by atoms with van der Waals surface area (Å²) in [6, 6.07) is 30.1. The van der Waals surface area contributed by atoms with Crippen LogP contribution in [0.5, 0.6) is 0 Å². The van der Waals surface area contributed by atoms with Gasteiger partial charge in [0.05, 0.1) is 11.0 Å². The van der Waals surface area contributed by atoms with Crippen molar-refractivity contribution in [3.63, 3.8) is 0 Å². The van der Waals surface area contributed by atoms with E-state index in [4.69, 9.17) is 4.42 Å². The maximum atomic E-state index is 6.04. The molecule has 0 aliphatic carbocycles. The minimum atomic E-state index is 0.922. The Kier molecular flexibility index (Phi) is 2.90. The summed E-state index contributed by atoms with van der Waals surface area (Å²) in [6.07, 6.45) is 0. The van der Waals surface area contributed by atoms with Crippen molar-refractivity contribution in [2.24, 2.45) is 0 Å². The zero-order valence-corrected chi connectivity index (χ0v) is 16.9. The summed E-state index contributed by atoms with van der Waals surface area (Å²) in [6.45, 7) is 0. The van der Waals surface area contributed by atoms with Crippen molar-refractivity contribution >= 4 is 70.4 Å². The molecule has 0 atom stereocenters. The molecule has 0 aliphatic rings. The number of benzene rings is 5. The van der Waals surface area contributed by atoms with Gasteiger partial charge < -0.3 is 8.98 Å². The van der Waals surface area contributed by atoms with Crippen LogP contribution < -0.4 is 0 Å². The van der Waals surface area contributed by atoms with Gasteiger partial charge in [-0.15, -0.1) is 0 Å². The van der Waals surface area contributed by atoms with Gasteiger partial charge in [0.1, 0.15) is 11.2 Å². The molecule has 0 spiro atoms. The molecule has 3 heteroatoms. The lowest BCUT2D eigenvalue weighted by atomic mass is 10.0. The highest BCUT2D eigenvalue weighted by atomic mass is 79.9. The lowest BCUT2D eigenvalue weighted by molar-refractivity contribution is 0.669. The average molecular weight is 436 g/mol. The Bertz CT molecular complexity index is 1720. The molecule has 0 N–H and O–H groups in total. The second kappa shape index (κ2) is 5.40. The fourth-order valence-electron chi connectivity index (χ4n) is 4.78. The van der Waals surface area contributed by atoms with E-state index in [0.717, 1.165) is 32.1 Å². The lowest BCUT2D eigenvalue weighted by Gasteiger charge is -2.08. The van der Waals surface area contributed by atoms with E-state index in [-0.39, 0.29) is 0 Å². The molecule has 29 heavy (non-hydrogen) atoms. The topological polar surface area (TPSA) is 18.1 Å². The number of fused-ring (bicyclic) bond motifs is 3. The number of rotatable bonds is 1. The molecular weight excluding hydrogens is 422 g/mol. The van der Waals surface area contributed by atoms with E-state index in [1.807, 2.05) is 12.1 Å². The Balaban J connectivity index is 1.67. The molecule has 0 bridgehead atoms. The van der Waals surface area contributed by atoms with Crippen molar-refractivity contribution in [2.75, 3.05) is 0 Å². The first-order valence-corrected chi connectivity index (χ1v) is 10.4. The number of furan rings is 1. The van der Waals surface area contributed by atoms with Crippen molar-refractivity contribution in [3.05, 3.63) is 89.4 Å². The molecule has 0 amide bonds. The minimum Gasteiger partial charge on any atom is -0.456 e. The second-order valence-electron chi connectivity index (χ2n) is 7.54. The highest BCUT2D eigenvalue weighted by Gasteiger charge is 2.18. The number of hydrogen-bond acceptors (Lipinski definition) is 1. The Morgan fingerprint density at radius 3 is 2.45 bits per heavy atom. The van der Waals surface area contributed by atoms with E-state index in [2.05, 4.69) is 93.3 Å². The van der Waals surface area contributed by atoms with Gasteiger partial charge in [-0.05, 0) is 53.2 Å². The second-order valence-corrected chi connectivity index (χ2v) is 8.40. The molecule has 7 aromatic rings. The summed E-state index contributed by atoms with van der Waals surface area (Å²) >= 11 is 3.74. The van der Waals surface area contributed by atoms with Gasteiger partial charge in [0, 0.05) is 31.7 Å². The van der Waals surface area contributed by atoms with E-state index >= 15 is 0 Å². The predicted molar refractivity (Wildman–Crippen MR) is 124 cm³/mol. The molecule has 0 fully saturated rings. The molecule has 5 aromatic carbocycles. The van der Waals surface area contributed by atoms with Gasteiger partial charge in [0.25, 0.3) is 0 Å². The zero-order chi connectivity index (χ0) is 19.1. The third kappa shape index (κ3) is 1.95. The molecule has 2 aromatic heterocycles. The molecule has 2 heterocycles. The molecule has 0 unspecified atom stereocenters. The van der Waals surface area contributed by atoms with E-state index in [9.17, 15) is 0 Å². The summed E-state index contributed by atoms with van der Waals surface area (Å²) in [5.74, 6) is 0. The van der Waals surface area contributed by atoms with E-state index < -0.39 is 0 Å². The van der Waals surface area contributed by atoms with Crippen LogP contribution in [0.3, 0.4) is 0 Å². The van der Waals surface area contributed by atoms with Gasteiger partial charge >= 0.3 is 0 Å². The SMILES string of the molecule is Brc1ccc2c3c1ccc1cccc(c13)n2-c1ccc2oc3ccccc3c2c1. The van der Waals surface area contributed by atoms with Gasteiger partial charge in [-0.25, -0.2) is 0 Å². The maximum absolute atomic E-state index is 6.04. The minimum absolute atomic E-state index is 0.922. The Morgan fingerprint density at radius 2 is 1.48 bits per heavy atom. The first-order valence-electron chi connectivity index (χ1n) is 9.65. The Hall–Kier alpha value is -3.30. The van der Waals surface area contributed by atoms with Crippen molar-refractivity contribution in [3.8, 4) is 5.69 Å². The van der Waals surface area contributed by atoms with Crippen molar-refractivity contribution < 1.29 is 4.42 Å². The highest BCUT2D eigenvalue weighted by Crippen LogP contribution is 2.41. The van der Waals surface area contributed by atoms with Gasteiger partial charge in [0.15, 0.2) is 0 Å². The summed E-state index contributed by atoms with van der Waals surface area (Å²) in [7, 11) is 0. The first-order chi connectivity index (χ1) is 14.3. The third-order valence-corrected chi connectivity index (χ3v) is 6.72. The van der Waals surface area contributed by atoms with Crippen LogP contribution >= 0.6 is 15.9 Å². The van der Waals surface area contributed by atoms with Crippen molar-refractivity contribution in [1.29, 1.82) is 0 Å². The summed E-state index contributed by atoms with van der Waals surface area (Å²) in [4.78, 5) is 0. The largest absolute Gasteiger partial charge is 0.456 e. The van der Waals surface area contributed by atoms with Crippen LogP contribution in [0, 0.1) is 0 Å². The van der Waals surface area contributed by atoms with E-state index in [1.165, 1.54) is 32.6 Å². The van der Waals surface area contributed by atoms with Crippen LogP contribution in [0.1, 0.15) is 0 Å². The van der Waals surface area contributed by atoms with Crippen LogP contribution in [0.15, 0.2) is 93.8 Å². The maximum Gasteiger partial charge on any atom is 0.135 e. The molecule has 0 aliphatic heterocycles. The molecule has 0 saturated carbocycles. The summed E-state index contributed by atoms with van der Waals surface area (Å²) in [5.41, 5.74) is 5.45. The number of halogens is 1. The average Bonchev–Trinajstić information content (AvgIpc) is 3.29. The fraction of sp³-hybridized carbons (Fsp3) is 0. The van der Waals surface area contributed by atoms with Crippen molar-refractivity contribution in [1.82, 2.24) is 4.57 Å². The summed E-state index contributed by atoms with van der Waals surface area (Å²) < 4.78 is 9.54.